The zero-order chi connectivity index (χ0) is 9.14. The maximum atomic E-state index is 10.8. The minimum absolute atomic E-state index is 0.0463. The van der Waals surface area contributed by atoms with Crippen molar-refractivity contribution in [3.63, 3.8) is 0 Å². The van der Waals surface area contributed by atoms with E-state index >= 15 is 0 Å². The maximum Gasteiger partial charge on any atom is 0.159 e. The Kier molecular flexibility index (Phi) is 2.45. The molecule has 1 aromatic carbocycles. The Morgan fingerprint density at radius 1 is 1.50 bits per heavy atom. The van der Waals surface area contributed by atoms with Crippen molar-refractivity contribution in [3.8, 4) is 5.75 Å². The zero-order valence-electron chi connectivity index (χ0n) is 6.70. The van der Waals surface area contributed by atoms with Gasteiger partial charge < -0.3 is 5.11 Å². The summed E-state index contributed by atoms with van der Waals surface area (Å²) in [5, 5.41) is 19.6. The van der Waals surface area contributed by atoms with Crippen LogP contribution in [0.3, 0.4) is 0 Å². The molecule has 3 nitrogen and oxygen atoms in total. The number of benzene rings is 1. The van der Waals surface area contributed by atoms with Crippen LogP contribution < -0.4 is 0 Å². The van der Waals surface area contributed by atoms with Gasteiger partial charge in [-0.3, -0.25) is 4.79 Å². The van der Waals surface area contributed by atoms with Crippen LogP contribution in [0.15, 0.2) is 18.2 Å². The van der Waals surface area contributed by atoms with Gasteiger partial charge in [0, 0.05) is 11.1 Å². The summed E-state index contributed by atoms with van der Waals surface area (Å²) in [7, 11) is 0. The Morgan fingerprint density at radius 3 is 2.67 bits per heavy atom. The van der Waals surface area contributed by atoms with Crippen LogP contribution in [0.1, 0.15) is 22.8 Å². The molecule has 12 heavy (non-hydrogen) atoms. The van der Waals surface area contributed by atoms with Crippen LogP contribution in [0, 0.1) is 0 Å². The molecule has 0 amide bonds. The first-order valence-corrected chi connectivity index (χ1v) is 3.56. The van der Waals surface area contributed by atoms with Crippen molar-refractivity contribution in [2.45, 2.75) is 13.5 Å². The highest BCUT2D eigenvalue weighted by molar-refractivity contribution is 5.94. The minimum atomic E-state index is -0.507. The number of aromatic hydroxyl groups is 1. The molecule has 0 aliphatic rings. The molecule has 0 aliphatic heterocycles. The molecular weight excluding hydrogens is 156 g/mol. The predicted octanol–water partition coefficient (Wildman–Crippen LogP) is 1.53. The normalized spacial score (nSPS) is 9.83. The number of phenolic OH excluding ortho intramolecular Hbond substituents is 1. The second-order valence-electron chi connectivity index (χ2n) is 2.54. The lowest BCUT2D eigenvalue weighted by atomic mass is 10.1. The van der Waals surface area contributed by atoms with Crippen molar-refractivity contribution in [3.05, 3.63) is 29.3 Å². The van der Waals surface area contributed by atoms with Crippen LogP contribution >= 0.6 is 0 Å². The van der Waals surface area contributed by atoms with Crippen LogP contribution in [0.5, 0.6) is 5.75 Å². The van der Waals surface area contributed by atoms with Gasteiger partial charge in [0.2, 0.25) is 0 Å². The number of Topliss-reactive ketones (excluding diaryl/α,β-unsaturated/α-hetero) is 1. The van der Waals surface area contributed by atoms with Gasteiger partial charge in [0.15, 0.2) is 5.78 Å². The highest BCUT2D eigenvalue weighted by atomic mass is 16.3. The molecule has 1 aromatic rings. The topological polar surface area (TPSA) is 57.2 Å². The molecule has 0 bridgehead atoms. The van der Waals surface area contributed by atoms with E-state index in [0.717, 1.165) is 0 Å². The lowest BCUT2D eigenvalue weighted by molar-refractivity contribution is 0.101. The first-order chi connectivity index (χ1) is 5.65. The van der Waals surface area contributed by atoms with E-state index < -0.39 is 6.61 Å². The maximum absolute atomic E-state index is 10.8. The molecule has 63 valence electrons. The van der Waals surface area contributed by atoms with E-state index in [2.05, 4.69) is 0 Å². The molecule has 1 radical (unpaired) electrons. The van der Waals surface area contributed by atoms with E-state index in [1.807, 2.05) is 0 Å². The van der Waals surface area contributed by atoms with Crippen molar-refractivity contribution in [1.82, 2.24) is 0 Å². The average molecular weight is 165 g/mol. The molecule has 0 saturated heterocycles. The molecular formula is C9H9O3. The summed E-state index contributed by atoms with van der Waals surface area (Å²) in [5.74, 6) is -0.153. The lowest BCUT2D eigenvalue weighted by Gasteiger charge is -2.01. The van der Waals surface area contributed by atoms with Gasteiger partial charge >= 0.3 is 0 Å². The fourth-order valence-electron chi connectivity index (χ4n) is 0.920. The van der Waals surface area contributed by atoms with E-state index in [0.29, 0.717) is 5.56 Å². The Labute approximate surface area is 70.3 Å². The first kappa shape index (κ1) is 8.74. The van der Waals surface area contributed by atoms with Crippen LogP contribution in [-0.4, -0.2) is 10.9 Å². The van der Waals surface area contributed by atoms with Gasteiger partial charge in [-0.25, -0.2) is 5.11 Å². The molecule has 0 atom stereocenters. The van der Waals surface area contributed by atoms with Crippen molar-refractivity contribution >= 4 is 5.78 Å². The van der Waals surface area contributed by atoms with Crippen molar-refractivity contribution in [2.24, 2.45) is 0 Å². The van der Waals surface area contributed by atoms with Crippen LogP contribution in [0.4, 0.5) is 0 Å². The summed E-state index contributed by atoms with van der Waals surface area (Å²) < 4.78 is 0. The summed E-state index contributed by atoms with van der Waals surface area (Å²) in [6.07, 6.45) is 0. The fourth-order valence-corrected chi connectivity index (χ4v) is 0.920. The van der Waals surface area contributed by atoms with Gasteiger partial charge in [0.05, 0.1) is 0 Å². The lowest BCUT2D eigenvalue weighted by Crippen LogP contribution is -1.93. The number of ketones is 1. The summed E-state index contributed by atoms with van der Waals surface area (Å²) in [5.41, 5.74) is 0.723. The largest absolute Gasteiger partial charge is 0.508 e. The molecule has 0 fully saturated rings. The number of rotatable bonds is 2. The van der Waals surface area contributed by atoms with Crippen molar-refractivity contribution in [1.29, 1.82) is 0 Å². The Morgan fingerprint density at radius 2 is 2.17 bits per heavy atom. The van der Waals surface area contributed by atoms with Crippen molar-refractivity contribution < 1.29 is 15.0 Å². The summed E-state index contributed by atoms with van der Waals surface area (Å²) in [6, 6.07) is 4.28. The molecule has 0 aliphatic carbocycles. The van der Waals surface area contributed by atoms with Gasteiger partial charge in [0.1, 0.15) is 12.4 Å². The minimum Gasteiger partial charge on any atom is -0.508 e. The predicted molar refractivity (Wildman–Crippen MR) is 42.5 cm³/mol. The van der Waals surface area contributed by atoms with Gasteiger partial charge in [0.25, 0.3) is 0 Å². The second-order valence-corrected chi connectivity index (χ2v) is 2.54. The Hall–Kier alpha value is -1.35. The molecule has 0 aromatic heterocycles. The van der Waals surface area contributed by atoms with Crippen LogP contribution in [0.25, 0.3) is 0 Å². The standard InChI is InChI=1S/C9H9O3/c1-6(11)7-2-3-9(12)8(4-7)5-10/h2-4,12H,5H2,1H3. The molecule has 3 heteroatoms. The smallest absolute Gasteiger partial charge is 0.159 e. The zero-order valence-corrected chi connectivity index (χ0v) is 6.70. The highest BCUT2D eigenvalue weighted by Crippen LogP contribution is 2.18. The Bertz CT molecular complexity index is 305. The highest BCUT2D eigenvalue weighted by Gasteiger charge is 2.04. The fraction of sp³-hybridized carbons (Fsp3) is 0.222. The third-order valence-electron chi connectivity index (χ3n) is 1.64. The van der Waals surface area contributed by atoms with E-state index in [1.165, 1.54) is 25.1 Å². The van der Waals surface area contributed by atoms with E-state index in [1.54, 1.807) is 0 Å². The number of carbonyl (C=O) groups excluding carboxylic acids is 1. The molecule has 1 rings (SSSR count). The number of hydrogen-bond donors (Lipinski definition) is 1. The van der Waals surface area contributed by atoms with Crippen LogP contribution in [-0.2, 0) is 11.7 Å². The van der Waals surface area contributed by atoms with Crippen LogP contribution in [0.2, 0.25) is 0 Å². The van der Waals surface area contributed by atoms with Gasteiger partial charge in [-0.2, -0.15) is 0 Å². The summed E-state index contributed by atoms with van der Waals surface area (Å²) in [6.45, 7) is 0.911. The third kappa shape index (κ3) is 1.62. The first-order valence-electron chi connectivity index (χ1n) is 3.56. The SMILES string of the molecule is CC(=O)c1ccc(O)c(C[O])c1. The quantitative estimate of drug-likeness (QED) is 0.675. The monoisotopic (exact) mass is 165 g/mol. The average Bonchev–Trinajstić information content (AvgIpc) is 2.05. The van der Waals surface area contributed by atoms with Crippen molar-refractivity contribution in [2.75, 3.05) is 0 Å². The van der Waals surface area contributed by atoms with E-state index in [-0.39, 0.29) is 17.1 Å². The van der Waals surface area contributed by atoms with Gasteiger partial charge in [-0.15, -0.1) is 0 Å². The number of hydrogen-bond acceptors (Lipinski definition) is 2. The molecule has 0 spiro atoms. The molecule has 1 N–H and O–H groups in total. The number of carbonyl (C=O) groups is 1. The number of phenols is 1. The third-order valence-corrected chi connectivity index (χ3v) is 1.64. The molecule has 0 heterocycles. The van der Waals surface area contributed by atoms with E-state index in [4.69, 9.17) is 5.11 Å². The molecule has 0 unspecified atom stereocenters. The summed E-state index contributed by atoms with van der Waals surface area (Å²) in [4.78, 5) is 10.8. The Balaban J connectivity index is 3.13. The van der Waals surface area contributed by atoms with Gasteiger partial charge in [-0.05, 0) is 25.1 Å². The van der Waals surface area contributed by atoms with E-state index in [9.17, 15) is 9.90 Å². The summed E-state index contributed by atoms with van der Waals surface area (Å²) >= 11 is 0. The molecule has 0 saturated carbocycles. The second kappa shape index (κ2) is 3.36. The van der Waals surface area contributed by atoms with Gasteiger partial charge in [-0.1, -0.05) is 0 Å².